The molecular formula is C36H53N3O5. The summed E-state index contributed by atoms with van der Waals surface area (Å²) >= 11 is 0. The number of hydrogen-bond acceptors (Lipinski definition) is 5. The van der Waals surface area contributed by atoms with Crippen LogP contribution in [-0.4, -0.2) is 81.1 Å². The van der Waals surface area contributed by atoms with Crippen molar-refractivity contribution in [3.05, 3.63) is 55.6 Å². The van der Waals surface area contributed by atoms with Crippen molar-refractivity contribution in [3.8, 4) is 0 Å². The molecule has 6 atom stereocenters. The molecule has 3 aliphatic heterocycles. The number of carbonyl (C=O) groups is 3. The highest BCUT2D eigenvalue weighted by Crippen LogP contribution is 2.65. The van der Waals surface area contributed by atoms with E-state index in [1.807, 2.05) is 49.1 Å². The minimum Gasteiger partial charge on any atom is -0.394 e. The molecule has 3 amide bonds. The van der Waals surface area contributed by atoms with Crippen LogP contribution < -0.4 is 4.90 Å². The van der Waals surface area contributed by atoms with Crippen LogP contribution in [0.2, 0.25) is 0 Å². The van der Waals surface area contributed by atoms with Gasteiger partial charge in [0.1, 0.15) is 11.6 Å². The molecule has 1 N–H and O–H groups in total. The summed E-state index contributed by atoms with van der Waals surface area (Å²) in [6.45, 7) is 22.6. The molecule has 8 heteroatoms. The molecule has 2 unspecified atom stereocenters. The SMILES string of the molecule is C=CCN(C(=O)[C@@H]1[C@H]2C(=O)N([C@@H](CC)CO)C(C(=O)N(CC=C)C(C)(C)CC(C)(C)C)C23CC[C@@]1(CC)O3)c1ccccc1. The van der Waals surface area contributed by atoms with E-state index in [4.69, 9.17) is 4.74 Å². The summed E-state index contributed by atoms with van der Waals surface area (Å²) in [5.41, 5.74) is -1.96. The van der Waals surface area contributed by atoms with Crippen molar-refractivity contribution in [2.75, 3.05) is 24.6 Å². The molecule has 1 aromatic carbocycles. The maximum absolute atomic E-state index is 15.0. The fourth-order valence-corrected chi connectivity index (χ4v) is 8.65. The van der Waals surface area contributed by atoms with Crippen LogP contribution >= 0.6 is 0 Å². The Morgan fingerprint density at radius 3 is 2.23 bits per heavy atom. The van der Waals surface area contributed by atoms with Gasteiger partial charge in [0.05, 0.1) is 30.1 Å². The van der Waals surface area contributed by atoms with Crippen molar-refractivity contribution in [2.45, 2.75) is 109 Å². The first-order valence-corrected chi connectivity index (χ1v) is 16.2. The molecule has 3 heterocycles. The first kappa shape index (κ1) is 33.9. The average molecular weight is 608 g/mol. The zero-order chi connectivity index (χ0) is 32.7. The number of nitrogens with zero attached hydrogens (tertiary/aromatic N) is 3. The number of hydrogen-bond donors (Lipinski definition) is 1. The monoisotopic (exact) mass is 607 g/mol. The Labute approximate surface area is 264 Å². The van der Waals surface area contributed by atoms with E-state index in [0.29, 0.717) is 32.2 Å². The number of aliphatic hydroxyl groups is 1. The molecule has 242 valence electrons. The molecule has 4 rings (SSSR count). The van der Waals surface area contributed by atoms with Crippen LogP contribution in [0.1, 0.15) is 80.6 Å². The highest BCUT2D eigenvalue weighted by Gasteiger charge is 2.79. The number of likely N-dealkylation sites (tertiary alicyclic amines) is 1. The predicted octanol–water partition coefficient (Wildman–Crippen LogP) is 5.36. The number of anilines is 1. The summed E-state index contributed by atoms with van der Waals surface area (Å²) in [5.74, 6) is -2.31. The number of para-hydroxylation sites is 1. The molecule has 0 radical (unpaired) electrons. The van der Waals surface area contributed by atoms with Gasteiger partial charge in [0.25, 0.3) is 0 Å². The normalized spacial score (nSPS) is 28.5. The quantitative estimate of drug-likeness (QED) is 0.305. The van der Waals surface area contributed by atoms with Crippen LogP contribution in [0, 0.1) is 17.3 Å². The number of carbonyl (C=O) groups excluding carboxylic acids is 3. The van der Waals surface area contributed by atoms with Crippen molar-refractivity contribution in [1.82, 2.24) is 9.80 Å². The summed E-state index contributed by atoms with van der Waals surface area (Å²) in [4.78, 5) is 49.6. The number of amides is 3. The average Bonchev–Trinajstić information content (AvgIpc) is 3.57. The first-order valence-electron chi connectivity index (χ1n) is 16.2. The molecule has 0 aromatic heterocycles. The van der Waals surface area contributed by atoms with Gasteiger partial charge in [-0.2, -0.15) is 0 Å². The summed E-state index contributed by atoms with van der Waals surface area (Å²) in [6.07, 6.45) is 6.20. The number of rotatable bonds is 13. The Morgan fingerprint density at radius 2 is 1.70 bits per heavy atom. The minimum absolute atomic E-state index is 0.0651. The van der Waals surface area contributed by atoms with Gasteiger partial charge in [-0.15, -0.1) is 13.2 Å². The number of benzene rings is 1. The highest BCUT2D eigenvalue weighted by atomic mass is 16.5. The largest absolute Gasteiger partial charge is 0.394 e. The fraction of sp³-hybridized carbons (Fsp3) is 0.639. The lowest BCUT2D eigenvalue weighted by atomic mass is 9.64. The van der Waals surface area contributed by atoms with Crippen LogP contribution in [0.15, 0.2) is 55.6 Å². The molecule has 0 aliphatic carbocycles. The molecule has 1 aromatic rings. The molecular weight excluding hydrogens is 554 g/mol. The topological polar surface area (TPSA) is 90.4 Å². The van der Waals surface area contributed by atoms with Gasteiger partial charge >= 0.3 is 0 Å². The van der Waals surface area contributed by atoms with E-state index in [-0.39, 0.29) is 36.3 Å². The van der Waals surface area contributed by atoms with Gasteiger partial charge in [0.15, 0.2) is 0 Å². The number of aliphatic hydroxyl groups excluding tert-OH is 1. The van der Waals surface area contributed by atoms with Crippen molar-refractivity contribution in [2.24, 2.45) is 17.3 Å². The van der Waals surface area contributed by atoms with Crippen LogP contribution in [0.4, 0.5) is 5.69 Å². The van der Waals surface area contributed by atoms with Gasteiger partial charge in [-0.3, -0.25) is 14.4 Å². The van der Waals surface area contributed by atoms with E-state index in [1.54, 1.807) is 22.0 Å². The molecule has 1 spiro atoms. The summed E-state index contributed by atoms with van der Waals surface area (Å²) in [7, 11) is 0. The summed E-state index contributed by atoms with van der Waals surface area (Å²) in [6, 6.07) is 7.86. The Kier molecular flexibility index (Phi) is 9.58. The van der Waals surface area contributed by atoms with Crippen LogP contribution in [0.25, 0.3) is 0 Å². The Balaban J connectivity index is 1.88. The smallest absolute Gasteiger partial charge is 0.249 e. The lowest BCUT2D eigenvalue weighted by Gasteiger charge is -2.46. The lowest BCUT2D eigenvalue weighted by molar-refractivity contribution is -0.160. The van der Waals surface area contributed by atoms with E-state index in [9.17, 15) is 14.7 Å². The highest BCUT2D eigenvalue weighted by molar-refractivity contribution is 6.03. The molecule has 3 fully saturated rings. The maximum Gasteiger partial charge on any atom is 0.249 e. The number of fused-ring (bicyclic) bond motifs is 1. The van der Waals surface area contributed by atoms with Gasteiger partial charge in [-0.1, -0.05) is 65.0 Å². The van der Waals surface area contributed by atoms with E-state index >= 15 is 4.79 Å². The fourth-order valence-electron chi connectivity index (χ4n) is 8.65. The first-order chi connectivity index (χ1) is 20.7. The third-order valence-electron chi connectivity index (χ3n) is 10.1. The van der Waals surface area contributed by atoms with Gasteiger partial charge in [0.2, 0.25) is 17.7 Å². The van der Waals surface area contributed by atoms with E-state index in [0.717, 1.165) is 12.1 Å². The molecule has 0 saturated carbocycles. The third kappa shape index (κ3) is 5.53. The van der Waals surface area contributed by atoms with Crippen molar-refractivity contribution in [1.29, 1.82) is 0 Å². The van der Waals surface area contributed by atoms with E-state index in [2.05, 4.69) is 47.8 Å². The maximum atomic E-state index is 15.0. The minimum atomic E-state index is -1.18. The lowest BCUT2D eigenvalue weighted by Crippen LogP contribution is -2.62. The predicted molar refractivity (Wildman–Crippen MR) is 174 cm³/mol. The second kappa shape index (κ2) is 12.4. The van der Waals surface area contributed by atoms with Crippen LogP contribution in [0.5, 0.6) is 0 Å². The Morgan fingerprint density at radius 1 is 1.07 bits per heavy atom. The summed E-state index contributed by atoms with van der Waals surface area (Å²) in [5, 5.41) is 10.5. The molecule has 2 bridgehead atoms. The molecule has 3 aliphatic rings. The molecule has 3 saturated heterocycles. The summed E-state index contributed by atoms with van der Waals surface area (Å²) < 4.78 is 7.04. The van der Waals surface area contributed by atoms with Gasteiger partial charge in [-0.05, 0) is 63.5 Å². The van der Waals surface area contributed by atoms with E-state index in [1.165, 1.54) is 0 Å². The molecule has 8 nitrogen and oxygen atoms in total. The standard InChI is InChI=1S/C36H53N3O5/c1-10-21-37(26-17-15-14-16-18-26)30(41)27-28-31(42)39(25(12-3)23-40)29(36(28)20-19-35(27,13-4)44-36)32(43)38(22-11-2)34(8,9)24-33(5,6)7/h10-11,14-18,25,27-29,40H,1-2,12-13,19-24H2,3-9H3/t25-,27-,28-,29?,35+,36?/m0/s1. The second-order valence-electron chi connectivity index (χ2n) is 14.7. The zero-order valence-electron chi connectivity index (χ0n) is 27.8. The van der Waals surface area contributed by atoms with Crippen molar-refractivity contribution < 1.29 is 24.2 Å². The van der Waals surface area contributed by atoms with Gasteiger partial charge < -0.3 is 24.5 Å². The zero-order valence-corrected chi connectivity index (χ0v) is 27.8. The Hall–Kier alpha value is -2.97. The van der Waals surface area contributed by atoms with Gasteiger partial charge in [0, 0.05) is 24.3 Å². The van der Waals surface area contributed by atoms with E-state index < -0.39 is 40.7 Å². The van der Waals surface area contributed by atoms with Gasteiger partial charge in [-0.25, -0.2) is 0 Å². The second-order valence-corrected chi connectivity index (χ2v) is 14.7. The van der Waals surface area contributed by atoms with Crippen molar-refractivity contribution >= 4 is 23.4 Å². The number of ether oxygens (including phenoxy) is 1. The molecule has 44 heavy (non-hydrogen) atoms. The van der Waals surface area contributed by atoms with Crippen LogP contribution in [-0.2, 0) is 19.1 Å². The Bertz CT molecular complexity index is 1250. The van der Waals surface area contributed by atoms with Crippen LogP contribution in [0.3, 0.4) is 0 Å². The van der Waals surface area contributed by atoms with Crippen molar-refractivity contribution in [3.63, 3.8) is 0 Å². The third-order valence-corrected chi connectivity index (χ3v) is 10.1.